The normalized spacial score (nSPS) is 10.4. The number of benzene rings is 1. The Bertz CT molecular complexity index is 715. The van der Waals surface area contributed by atoms with E-state index in [-0.39, 0.29) is 18.0 Å². The van der Waals surface area contributed by atoms with Crippen molar-refractivity contribution in [3.05, 3.63) is 50.4 Å². The van der Waals surface area contributed by atoms with E-state index in [2.05, 4.69) is 15.9 Å². The quantitative estimate of drug-likeness (QED) is 0.580. The zero-order valence-electron chi connectivity index (χ0n) is 11.9. The van der Waals surface area contributed by atoms with Gasteiger partial charge in [-0.2, -0.15) is 0 Å². The lowest BCUT2D eigenvalue weighted by atomic mass is 10.2. The lowest BCUT2D eigenvalue weighted by Gasteiger charge is -2.13. The summed E-state index contributed by atoms with van der Waals surface area (Å²) in [5.74, 6) is -1.56. The van der Waals surface area contributed by atoms with Gasteiger partial charge in [0.2, 0.25) is 5.78 Å². The van der Waals surface area contributed by atoms with Crippen LogP contribution in [0.4, 0.5) is 10.1 Å². The molecule has 0 aliphatic rings. The van der Waals surface area contributed by atoms with Gasteiger partial charge < -0.3 is 9.64 Å². The van der Waals surface area contributed by atoms with Crippen LogP contribution in [0, 0.1) is 5.82 Å². The van der Waals surface area contributed by atoms with Crippen LogP contribution in [0.5, 0.6) is 0 Å². The third-order valence-electron chi connectivity index (χ3n) is 2.87. The van der Waals surface area contributed by atoms with Gasteiger partial charge in [0.25, 0.3) is 0 Å². The SMILES string of the molecule is CN(C)c1ccc(C(=O)OCC(=O)c2sccc2Br)cc1F. The van der Waals surface area contributed by atoms with Gasteiger partial charge in [0.05, 0.1) is 16.1 Å². The second-order valence-corrected chi connectivity index (χ2v) is 6.43. The molecule has 0 aliphatic carbocycles. The Hall–Kier alpha value is -1.73. The van der Waals surface area contributed by atoms with Crippen molar-refractivity contribution in [2.24, 2.45) is 0 Å². The molecule has 0 spiro atoms. The van der Waals surface area contributed by atoms with E-state index in [0.29, 0.717) is 15.0 Å². The van der Waals surface area contributed by atoms with Crippen molar-refractivity contribution in [3.63, 3.8) is 0 Å². The van der Waals surface area contributed by atoms with Crippen LogP contribution in [0.3, 0.4) is 0 Å². The molecule has 7 heteroatoms. The Morgan fingerprint density at radius 3 is 2.59 bits per heavy atom. The lowest BCUT2D eigenvalue weighted by Crippen LogP contribution is -2.15. The molecule has 0 N–H and O–H groups in total. The number of carbonyl (C=O) groups excluding carboxylic acids is 2. The van der Waals surface area contributed by atoms with E-state index in [9.17, 15) is 14.0 Å². The number of thiophene rings is 1. The second kappa shape index (κ2) is 7.02. The van der Waals surface area contributed by atoms with Gasteiger partial charge in [-0.05, 0) is 45.6 Å². The van der Waals surface area contributed by atoms with Crippen molar-refractivity contribution in [2.75, 3.05) is 25.6 Å². The fourth-order valence-electron chi connectivity index (χ4n) is 1.77. The summed E-state index contributed by atoms with van der Waals surface area (Å²) in [4.78, 5) is 25.9. The molecule has 1 heterocycles. The summed E-state index contributed by atoms with van der Waals surface area (Å²) in [7, 11) is 3.40. The molecule has 0 saturated heterocycles. The molecule has 4 nitrogen and oxygen atoms in total. The van der Waals surface area contributed by atoms with Crippen molar-refractivity contribution in [3.8, 4) is 0 Å². The monoisotopic (exact) mass is 385 g/mol. The zero-order chi connectivity index (χ0) is 16.3. The van der Waals surface area contributed by atoms with E-state index in [1.54, 1.807) is 30.4 Å². The summed E-state index contributed by atoms with van der Waals surface area (Å²) in [6, 6.07) is 5.80. The van der Waals surface area contributed by atoms with Crippen molar-refractivity contribution < 1.29 is 18.7 Å². The number of halogens is 2. The molecule has 2 aromatic rings. The predicted octanol–water partition coefficient (Wildman–Crippen LogP) is 3.76. The van der Waals surface area contributed by atoms with Crippen molar-refractivity contribution in [1.82, 2.24) is 0 Å². The van der Waals surface area contributed by atoms with E-state index in [1.165, 1.54) is 23.5 Å². The van der Waals surface area contributed by atoms with Gasteiger partial charge in [0, 0.05) is 18.6 Å². The zero-order valence-corrected chi connectivity index (χ0v) is 14.3. The van der Waals surface area contributed by atoms with Gasteiger partial charge >= 0.3 is 5.97 Å². The number of hydrogen-bond acceptors (Lipinski definition) is 5. The Morgan fingerprint density at radius 2 is 2.05 bits per heavy atom. The summed E-state index contributed by atoms with van der Waals surface area (Å²) >= 11 is 4.50. The average molecular weight is 386 g/mol. The number of carbonyl (C=O) groups is 2. The Balaban J connectivity index is 2.02. The second-order valence-electron chi connectivity index (χ2n) is 4.66. The van der Waals surface area contributed by atoms with Gasteiger partial charge in [-0.3, -0.25) is 4.79 Å². The molecule has 0 unspecified atom stereocenters. The first-order valence-corrected chi connectivity index (χ1v) is 7.97. The maximum absolute atomic E-state index is 13.8. The van der Waals surface area contributed by atoms with E-state index < -0.39 is 11.8 Å². The van der Waals surface area contributed by atoms with Crippen molar-refractivity contribution in [2.45, 2.75) is 0 Å². The highest BCUT2D eigenvalue weighted by molar-refractivity contribution is 9.10. The molecule has 0 fully saturated rings. The molecule has 0 atom stereocenters. The van der Waals surface area contributed by atoms with Crippen LogP contribution in [0.15, 0.2) is 34.1 Å². The molecular weight excluding hydrogens is 373 g/mol. The van der Waals surface area contributed by atoms with Crippen LogP contribution in [0.2, 0.25) is 0 Å². The van der Waals surface area contributed by atoms with E-state index in [4.69, 9.17) is 4.74 Å². The first-order valence-electron chi connectivity index (χ1n) is 6.30. The minimum absolute atomic E-state index is 0.0705. The maximum atomic E-state index is 13.8. The average Bonchev–Trinajstić information content (AvgIpc) is 2.90. The molecule has 0 amide bonds. The van der Waals surface area contributed by atoms with Crippen LogP contribution < -0.4 is 4.90 Å². The molecule has 0 aliphatic heterocycles. The summed E-state index contributed by atoms with van der Waals surface area (Å²) in [5, 5.41) is 1.76. The number of Topliss-reactive ketones (excluding diaryl/α,β-unsaturated/α-hetero) is 1. The number of ether oxygens (including phenoxy) is 1. The van der Waals surface area contributed by atoms with Crippen molar-refractivity contribution >= 4 is 44.7 Å². The highest BCUT2D eigenvalue weighted by Crippen LogP contribution is 2.23. The first-order chi connectivity index (χ1) is 10.4. The van der Waals surface area contributed by atoms with Crippen LogP contribution in [0.25, 0.3) is 0 Å². The molecule has 2 rings (SSSR count). The topological polar surface area (TPSA) is 46.6 Å². The number of anilines is 1. The van der Waals surface area contributed by atoms with Gasteiger partial charge in [0.15, 0.2) is 6.61 Å². The number of nitrogens with zero attached hydrogens (tertiary/aromatic N) is 1. The fraction of sp³-hybridized carbons (Fsp3) is 0.200. The Kier molecular flexibility index (Phi) is 5.31. The van der Waals surface area contributed by atoms with Crippen LogP contribution in [0.1, 0.15) is 20.0 Å². The van der Waals surface area contributed by atoms with Crippen LogP contribution in [-0.2, 0) is 4.74 Å². The number of rotatable bonds is 5. The Labute approximate surface area is 139 Å². The third kappa shape index (κ3) is 3.72. The molecule has 0 radical (unpaired) electrons. The standard InChI is InChI=1S/C15H13BrFNO3S/c1-18(2)12-4-3-9(7-11(12)17)15(20)21-8-13(19)14-10(16)5-6-22-14/h3-7H,8H2,1-2H3. The number of esters is 1. The molecule has 1 aromatic carbocycles. The lowest BCUT2D eigenvalue weighted by molar-refractivity contribution is 0.0475. The first kappa shape index (κ1) is 16.6. The summed E-state index contributed by atoms with van der Waals surface area (Å²) < 4.78 is 19.4. The number of ketones is 1. The summed E-state index contributed by atoms with van der Waals surface area (Å²) in [6.07, 6.45) is 0. The molecule has 0 bridgehead atoms. The maximum Gasteiger partial charge on any atom is 0.338 e. The summed E-state index contributed by atoms with van der Waals surface area (Å²) in [6.45, 7) is -0.380. The molecule has 116 valence electrons. The Morgan fingerprint density at radius 1 is 1.32 bits per heavy atom. The van der Waals surface area contributed by atoms with Crippen LogP contribution >= 0.6 is 27.3 Å². The minimum atomic E-state index is -0.731. The molecule has 22 heavy (non-hydrogen) atoms. The summed E-state index contributed by atoms with van der Waals surface area (Å²) in [5.41, 5.74) is 0.441. The van der Waals surface area contributed by atoms with Gasteiger partial charge in [-0.25, -0.2) is 9.18 Å². The minimum Gasteiger partial charge on any atom is -0.454 e. The largest absolute Gasteiger partial charge is 0.454 e. The fourth-order valence-corrected chi connectivity index (χ4v) is 3.29. The van der Waals surface area contributed by atoms with E-state index in [0.717, 1.165) is 6.07 Å². The highest BCUT2D eigenvalue weighted by atomic mass is 79.9. The van der Waals surface area contributed by atoms with Gasteiger partial charge in [-0.1, -0.05) is 0 Å². The highest BCUT2D eigenvalue weighted by Gasteiger charge is 2.16. The molecule has 1 aromatic heterocycles. The predicted molar refractivity (Wildman–Crippen MR) is 87.4 cm³/mol. The molecular formula is C15H13BrFNO3S. The van der Waals surface area contributed by atoms with E-state index in [1.807, 2.05) is 0 Å². The number of hydrogen-bond donors (Lipinski definition) is 0. The van der Waals surface area contributed by atoms with Crippen molar-refractivity contribution in [1.29, 1.82) is 0 Å². The van der Waals surface area contributed by atoms with Gasteiger partial charge in [-0.15, -0.1) is 11.3 Å². The smallest absolute Gasteiger partial charge is 0.338 e. The van der Waals surface area contributed by atoms with E-state index >= 15 is 0 Å². The third-order valence-corrected chi connectivity index (χ3v) is 4.75. The molecule has 0 saturated carbocycles. The van der Waals surface area contributed by atoms with Gasteiger partial charge in [0.1, 0.15) is 5.82 Å². The van der Waals surface area contributed by atoms with Crippen LogP contribution in [-0.4, -0.2) is 32.5 Å².